The zero-order valence-electron chi connectivity index (χ0n) is 12.3. The lowest BCUT2D eigenvalue weighted by atomic mass is 10.0. The molecule has 0 aromatic carbocycles. The minimum Gasteiger partial charge on any atom is -0.370 e. The van der Waals surface area contributed by atoms with Crippen LogP contribution in [0.1, 0.15) is 42.5 Å². The van der Waals surface area contributed by atoms with Gasteiger partial charge in [0.05, 0.1) is 5.69 Å². The molecule has 20 heavy (non-hydrogen) atoms. The molecule has 2 aromatic heterocycles. The van der Waals surface area contributed by atoms with E-state index < -0.39 is 0 Å². The standard InChI is InChI=1S/C16H22N4/c1-3-17-16-10-13(8-9-18-16)11-20-12(2)19-14-6-4-5-7-15(14)20/h8-10H,3-7,11H2,1-2H3,(H,17,18). The molecule has 0 saturated carbocycles. The topological polar surface area (TPSA) is 42.7 Å². The van der Waals surface area contributed by atoms with Gasteiger partial charge in [0.2, 0.25) is 0 Å². The lowest BCUT2D eigenvalue weighted by Crippen LogP contribution is -2.10. The molecule has 0 aliphatic heterocycles. The van der Waals surface area contributed by atoms with E-state index in [4.69, 9.17) is 4.98 Å². The molecule has 0 spiro atoms. The summed E-state index contributed by atoms with van der Waals surface area (Å²) in [6.45, 7) is 6.00. The summed E-state index contributed by atoms with van der Waals surface area (Å²) in [5.74, 6) is 2.09. The van der Waals surface area contributed by atoms with Crippen LogP contribution in [0, 0.1) is 6.92 Å². The van der Waals surface area contributed by atoms with Crippen molar-refractivity contribution in [2.45, 2.75) is 46.1 Å². The van der Waals surface area contributed by atoms with Gasteiger partial charge < -0.3 is 9.88 Å². The minimum absolute atomic E-state index is 0.898. The molecule has 1 aliphatic rings. The predicted octanol–water partition coefficient (Wildman–Crippen LogP) is 2.95. The summed E-state index contributed by atoms with van der Waals surface area (Å²) in [5, 5.41) is 3.27. The van der Waals surface area contributed by atoms with Crippen molar-refractivity contribution in [3.63, 3.8) is 0 Å². The third-order valence-corrected chi connectivity index (χ3v) is 3.95. The average Bonchev–Trinajstić information content (AvgIpc) is 2.76. The first-order valence-electron chi connectivity index (χ1n) is 7.51. The molecule has 0 saturated heterocycles. The molecule has 1 aliphatic carbocycles. The van der Waals surface area contributed by atoms with E-state index in [9.17, 15) is 0 Å². The second-order valence-corrected chi connectivity index (χ2v) is 5.43. The van der Waals surface area contributed by atoms with Crippen molar-refractivity contribution in [2.24, 2.45) is 0 Å². The van der Waals surface area contributed by atoms with Crippen LogP contribution >= 0.6 is 0 Å². The van der Waals surface area contributed by atoms with Gasteiger partial charge >= 0.3 is 0 Å². The minimum atomic E-state index is 0.898. The van der Waals surface area contributed by atoms with Gasteiger partial charge in [-0.1, -0.05) is 0 Å². The fourth-order valence-corrected chi connectivity index (χ4v) is 2.98. The molecule has 0 fully saturated rings. The van der Waals surface area contributed by atoms with E-state index in [1.807, 2.05) is 6.20 Å². The van der Waals surface area contributed by atoms with E-state index >= 15 is 0 Å². The second-order valence-electron chi connectivity index (χ2n) is 5.43. The molecule has 2 aromatic rings. The fourth-order valence-electron chi connectivity index (χ4n) is 2.98. The van der Waals surface area contributed by atoms with Crippen LogP contribution in [0.15, 0.2) is 18.3 Å². The van der Waals surface area contributed by atoms with Gasteiger partial charge in [0, 0.05) is 25.0 Å². The highest BCUT2D eigenvalue weighted by molar-refractivity contribution is 5.37. The van der Waals surface area contributed by atoms with Crippen LogP contribution in [0.2, 0.25) is 0 Å². The largest absolute Gasteiger partial charge is 0.370 e. The summed E-state index contributed by atoms with van der Waals surface area (Å²) in [6.07, 6.45) is 6.76. The Morgan fingerprint density at radius 1 is 1.30 bits per heavy atom. The number of hydrogen-bond donors (Lipinski definition) is 1. The van der Waals surface area contributed by atoms with Crippen LogP contribution in [0.3, 0.4) is 0 Å². The Labute approximate surface area is 120 Å². The highest BCUT2D eigenvalue weighted by Crippen LogP contribution is 2.23. The number of anilines is 1. The molecular formula is C16H22N4. The summed E-state index contributed by atoms with van der Waals surface area (Å²) in [5.41, 5.74) is 4.04. The molecule has 106 valence electrons. The molecule has 3 rings (SSSR count). The lowest BCUT2D eigenvalue weighted by Gasteiger charge is -2.15. The molecule has 0 bridgehead atoms. The molecule has 2 heterocycles. The second kappa shape index (κ2) is 5.65. The van der Waals surface area contributed by atoms with E-state index in [-0.39, 0.29) is 0 Å². The third-order valence-electron chi connectivity index (χ3n) is 3.95. The average molecular weight is 270 g/mol. The van der Waals surface area contributed by atoms with E-state index in [1.165, 1.54) is 36.2 Å². The Balaban J connectivity index is 1.87. The number of hydrogen-bond acceptors (Lipinski definition) is 3. The van der Waals surface area contributed by atoms with E-state index in [2.05, 4.69) is 40.8 Å². The van der Waals surface area contributed by atoms with Gasteiger partial charge in [0.15, 0.2) is 0 Å². The Morgan fingerprint density at radius 2 is 2.15 bits per heavy atom. The zero-order valence-corrected chi connectivity index (χ0v) is 12.3. The fraction of sp³-hybridized carbons (Fsp3) is 0.500. The van der Waals surface area contributed by atoms with E-state index in [1.54, 1.807) is 0 Å². The Hall–Kier alpha value is -1.84. The maximum Gasteiger partial charge on any atom is 0.126 e. The van der Waals surface area contributed by atoms with E-state index in [0.29, 0.717) is 0 Å². The van der Waals surface area contributed by atoms with Crippen molar-refractivity contribution in [2.75, 3.05) is 11.9 Å². The molecule has 0 radical (unpaired) electrons. The summed E-state index contributed by atoms with van der Waals surface area (Å²) < 4.78 is 2.37. The molecular weight excluding hydrogens is 248 g/mol. The maximum absolute atomic E-state index is 4.74. The van der Waals surface area contributed by atoms with Crippen molar-refractivity contribution in [1.29, 1.82) is 0 Å². The monoisotopic (exact) mass is 270 g/mol. The van der Waals surface area contributed by atoms with Crippen molar-refractivity contribution in [3.05, 3.63) is 41.1 Å². The van der Waals surface area contributed by atoms with Crippen LogP contribution in [-0.2, 0) is 19.4 Å². The number of nitrogens with one attached hydrogen (secondary N) is 1. The van der Waals surface area contributed by atoms with Crippen LogP contribution in [0.25, 0.3) is 0 Å². The van der Waals surface area contributed by atoms with Gasteiger partial charge in [-0.2, -0.15) is 0 Å². The zero-order chi connectivity index (χ0) is 13.9. The Bertz CT molecular complexity index is 601. The molecule has 4 heteroatoms. The quantitative estimate of drug-likeness (QED) is 0.929. The van der Waals surface area contributed by atoms with Crippen LogP contribution in [0.5, 0.6) is 0 Å². The first-order chi connectivity index (χ1) is 9.78. The number of rotatable bonds is 4. The highest BCUT2D eigenvalue weighted by Gasteiger charge is 2.18. The van der Waals surface area contributed by atoms with Crippen LogP contribution < -0.4 is 5.32 Å². The normalized spacial score (nSPS) is 14.1. The summed E-state index contributed by atoms with van der Waals surface area (Å²) >= 11 is 0. The van der Waals surface area contributed by atoms with Gasteiger partial charge in [0.1, 0.15) is 11.6 Å². The highest BCUT2D eigenvalue weighted by atomic mass is 15.1. The number of pyridine rings is 1. The van der Waals surface area contributed by atoms with Crippen LogP contribution in [-0.4, -0.2) is 21.1 Å². The summed E-state index contributed by atoms with van der Waals surface area (Å²) in [4.78, 5) is 9.07. The van der Waals surface area contributed by atoms with Gasteiger partial charge in [-0.25, -0.2) is 9.97 Å². The van der Waals surface area contributed by atoms with Gasteiger partial charge in [-0.3, -0.25) is 0 Å². The van der Waals surface area contributed by atoms with E-state index in [0.717, 1.165) is 31.2 Å². The lowest BCUT2D eigenvalue weighted by molar-refractivity contribution is 0.624. The van der Waals surface area contributed by atoms with Crippen molar-refractivity contribution in [3.8, 4) is 0 Å². The summed E-state index contributed by atoms with van der Waals surface area (Å²) in [6, 6.07) is 4.23. The molecule has 0 amide bonds. The molecule has 1 N–H and O–H groups in total. The SMILES string of the molecule is CCNc1cc(Cn2c(C)nc3c2CCCC3)ccn1. The third kappa shape index (κ3) is 2.55. The first-order valence-corrected chi connectivity index (χ1v) is 7.51. The van der Waals surface area contributed by atoms with Crippen molar-refractivity contribution < 1.29 is 0 Å². The maximum atomic E-state index is 4.74. The van der Waals surface area contributed by atoms with Gasteiger partial charge in [-0.05, 0) is 57.2 Å². The number of nitrogens with zero attached hydrogens (tertiary/aromatic N) is 3. The summed E-state index contributed by atoms with van der Waals surface area (Å²) in [7, 11) is 0. The predicted molar refractivity (Wildman–Crippen MR) is 81.1 cm³/mol. The Kier molecular flexibility index (Phi) is 3.72. The van der Waals surface area contributed by atoms with Gasteiger partial charge in [0.25, 0.3) is 0 Å². The number of aryl methyl sites for hydroxylation is 2. The van der Waals surface area contributed by atoms with Crippen molar-refractivity contribution in [1.82, 2.24) is 14.5 Å². The number of aromatic nitrogens is 3. The molecule has 0 unspecified atom stereocenters. The van der Waals surface area contributed by atoms with Gasteiger partial charge in [-0.15, -0.1) is 0 Å². The first kappa shape index (κ1) is 13.2. The number of fused-ring (bicyclic) bond motifs is 1. The Morgan fingerprint density at radius 3 is 3.00 bits per heavy atom. The van der Waals surface area contributed by atoms with Crippen molar-refractivity contribution >= 4 is 5.82 Å². The smallest absolute Gasteiger partial charge is 0.126 e. The van der Waals surface area contributed by atoms with Crippen LogP contribution in [0.4, 0.5) is 5.82 Å². The molecule has 0 atom stereocenters. The number of imidazole rings is 1. The molecule has 4 nitrogen and oxygen atoms in total.